The Morgan fingerprint density at radius 2 is 2.27 bits per heavy atom. The summed E-state index contributed by atoms with van der Waals surface area (Å²) in [4.78, 5) is 0. The van der Waals surface area contributed by atoms with E-state index in [1.165, 1.54) is 3.83 Å². The molecule has 1 aromatic heterocycles. The van der Waals surface area contributed by atoms with E-state index in [-0.39, 0.29) is 0 Å². The molecule has 0 aliphatic carbocycles. The minimum Gasteiger partial charge on any atom is -0.228 e. The summed E-state index contributed by atoms with van der Waals surface area (Å²) in [5, 5.41) is 0. The van der Waals surface area contributed by atoms with Gasteiger partial charge in [0.1, 0.15) is 12.4 Å². The summed E-state index contributed by atoms with van der Waals surface area (Å²) >= 11 is 2.36. The highest BCUT2D eigenvalue weighted by Crippen LogP contribution is 2.03. The molecule has 2 nitrogen and oxygen atoms in total. The average Bonchev–Trinajstić information content (AvgIpc) is 2.18. The minimum absolute atomic E-state index is 0.718. The van der Waals surface area contributed by atoms with Crippen LogP contribution in [0.1, 0.15) is 13.8 Å². The molecule has 11 heavy (non-hydrogen) atoms. The van der Waals surface area contributed by atoms with Crippen LogP contribution >= 0.6 is 22.6 Å². The van der Waals surface area contributed by atoms with Gasteiger partial charge in [-0.25, -0.2) is 9.13 Å². The van der Waals surface area contributed by atoms with E-state index >= 15 is 0 Å². The first-order valence-corrected chi connectivity index (χ1v) is 4.89. The van der Waals surface area contributed by atoms with Gasteiger partial charge in [-0.1, -0.05) is 13.8 Å². The van der Waals surface area contributed by atoms with E-state index in [0.29, 0.717) is 0 Å². The highest BCUT2D eigenvalue weighted by molar-refractivity contribution is 14.1. The van der Waals surface area contributed by atoms with E-state index in [1.54, 1.807) is 0 Å². The van der Waals surface area contributed by atoms with Gasteiger partial charge >= 0.3 is 3.83 Å². The monoisotopic (exact) mass is 265 g/mol. The lowest BCUT2D eigenvalue weighted by atomic mass is 10.2. The van der Waals surface area contributed by atoms with Crippen LogP contribution in [-0.2, 0) is 13.6 Å². The second kappa shape index (κ2) is 3.56. The number of rotatable bonds is 2. The molecule has 0 amide bonds. The summed E-state index contributed by atoms with van der Waals surface area (Å²) < 4.78 is 5.69. The number of halogens is 1. The van der Waals surface area contributed by atoms with Crippen LogP contribution in [0, 0.1) is 9.75 Å². The summed E-state index contributed by atoms with van der Waals surface area (Å²) in [6.45, 7) is 5.57. The van der Waals surface area contributed by atoms with Gasteiger partial charge in [0.05, 0.1) is 36.2 Å². The topological polar surface area (TPSA) is 8.81 Å². The van der Waals surface area contributed by atoms with Crippen LogP contribution in [0.3, 0.4) is 0 Å². The Balaban J connectivity index is 2.79. The Morgan fingerprint density at radius 1 is 1.64 bits per heavy atom. The predicted octanol–water partition coefficient (Wildman–Crippen LogP) is 1.57. The molecular weight excluding hydrogens is 251 g/mol. The lowest BCUT2D eigenvalue weighted by Gasteiger charge is -2.00. The predicted molar refractivity (Wildman–Crippen MR) is 53.2 cm³/mol. The van der Waals surface area contributed by atoms with Crippen LogP contribution in [-0.4, -0.2) is 4.57 Å². The van der Waals surface area contributed by atoms with Crippen LogP contribution in [0.4, 0.5) is 0 Å². The van der Waals surface area contributed by atoms with E-state index < -0.39 is 0 Å². The molecule has 0 aliphatic heterocycles. The van der Waals surface area contributed by atoms with E-state index in [0.717, 1.165) is 12.5 Å². The maximum atomic E-state index is 2.36. The second-order valence-electron chi connectivity index (χ2n) is 3.22. The van der Waals surface area contributed by atoms with Crippen LogP contribution < -0.4 is 4.57 Å². The molecule has 0 atom stereocenters. The van der Waals surface area contributed by atoms with Gasteiger partial charge in [0.2, 0.25) is 0 Å². The number of nitrogens with zero attached hydrogens (tertiary/aromatic N) is 2. The molecule has 0 saturated carbocycles. The second-order valence-corrected chi connectivity index (χ2v) is 4.19. The normalized spacial score (nSPS) is 11.0. The van der Waals surface area contributed by atoms with Gasteiger partial charge in [0.15, 0.2) is 0 Å². The third-order valence-corrected chi connectivity index (χ3v) is 2.94. The Bertz CT molecular complexity index is 240. The lowest BCUT2D eigenvalue weighted by molar-refractivity contribution is -0.684. The number of hydrogen-bond donors (Lipinski definition) is 0. The molecule has 3 heteroatoms. The first kappa shape index (κ1) is 9.03. The summed E-state index contributed by atoms with van der Waals surface area (Å²) in [5.74, 6) is 0.718. The van der Waals surface area contributed by atoms with E-state index in [9.17, 15) is 0 Å². The van der Waals surface area contributed by atoms with E-state index in [4.69, 9.17) is 0 Å². The van der Waals surface area contributed by atoms with E-state index in [2.05, 4.69) is 65.0 Å². The van der Waals surface area contributed by atoms with E-state index in [1.807, 2.05) is 0 Å². The molecule has 0 N–H and O–H groups in total. The van der Waals surface area contributed by atoms with Gasteiger partial charge in [-0.15, -0.1) is 0 Å². The summed E-state index contributed by atoms with van der Waals surface area (Å²) in [7, 11) is 2.07. The molecule has 0 bridgehead atoms. The molecule has 0 saturated heterocycles. The van der Waals surface area contributed by atoms with Gasteiger partial charge in [0.25, 0.3) is 0 Å². The first-order chi connectivity index (χ1) is 5.11. The fraction of sp³-hybridized carbons (Fsp3) is 0.625. The molecule has 0 spiro atoms. The van der Waals surface area contributed by atoms with Gasteiger partial charge in [0, 0.05) is 0 Å². The highest BCUT2D eigenvalue weighted by atomic mass is 127. The van der Waals surface area contributed by atoms with Crippen LogP contribution in [0.15, 0.2) is 12.4 Å². The number of aromatic nitrogens is 2. The Kier molecular flexibility index (Phi) is 2.92. The van der Waals surface area contributed by atoms with Crippen LogP contribution in [0.25, 0.3) is 0 Å². The zero-order valence-corrected chi connectivity index (χ0v) is 9.37. The molecule has 0 unspecified atom stereocenters. The Labute approximate surface area is 81.4 Å². The summed E-state index contributed by atoms with van der Waals surface area (Å²) in [5.41, 5.74) is 0. The van der Waals surface area contributed by atoms with Crippen molar-refractivity contribution in [3.63, 3.8) is 0 Å². The maximum Gasteiger partial charge on any atom is 0.317 e. The van der Waals surface area contributed by atoms with Crippen molar-refractivity contribution in [1.29, 1.82) is 0 Å². The average molecular weight is 265 g/mol. The molecular formula is C8H14IN2+. The van der Waals surface area contributed by atoms with Gasteiger partial charge in [-0.2, -0.15) is 0 Å². The van der Waals surface area contributed by atoms with Crippen molar-refractivity contribution >= 4 is 22.6 Å². The Hall–Kier alpha value is -0.0600. The van der Waals surface area contributed by atoms with Crippen LogP contribution in [0.2, 0.25) is 0 Å². The molecule has 0 fully saturated rings. The Morgan fingerprint density at radius 3 is 2.64 bits per heavy atom. The molecule has 62 valence electrons. The molecule has 0 aromatic carbocycles. The van der Waals surface area contributed by atoms with Crippen molar-refractivity contribution in [2.75, 3.05) is 0 Å². The first-order valence-electron chi connectivity index (χ1n) is 3.81. The molecule has 1 aromatic rings. The van der Waals surface area contributed by atoms with Crippen molar-refractivity contribution in [3.8, 4) is 0 Å². The van der Waals surface area contributed by atoms with Gasteiger partial charge < -0.3 is 0 Å². The van der Waals surface area contributed by atoms with Gasteiger partial charge in [-0.05, 0) is 5.92 Å². The zero-order valence-electron chi connectivity index (χ0n) is 7.21. The third-order valence-electron chi connectivity index (χ3n) is 1.56. The third kappa shape index (κ3) is 2.18. The molecule has 1 heterocycles. The largest absolute Gasteiger partial charge is 0.317 e. The highest BCUT2D eigenvalue weighted by Gasteiger charge is 2.10. The fourth-order valence-corrected chi connectivity index (χ4v) is 1.55. The van der Waals surface area contributed by atoms with Crippen molar-refractivity contribution in [2.45, 2.75) is 20.4 Å². The maximum absolute atomic E-state index is 2.36. The zero-order chi connectivity index (χ0) is 8.43. The smallest absolute Gasteiger partial charge is 0.228 e. The number of imidazole rings is 1. The van der Waals surface area contributed by atoms with Crippen molar-refractivity contribution in [3.05, 3.63) is 16.2 Å². The molecule has 0 aliphatic rings. The lowest BCUT2D eigenvalue weighted by Crippen LogP contribution is -2.30. The van der Waals surface area contributed by atoms with Crippen molar-refractivity contribution in [2.24, 2.45) is 13.0 Å². The SMILES string of the molecule is CC(C)Cn1cc[n+](C)c1I. The number of hydrogen-bond acceptors (Lipinski definition) is 0. The summed E-state index contributed by atoms with van der Waals surface area (Å²) in [6.07, 6.45) is 4.21. The standard InChI is InChI=1S/C8H14IN2/c1-7(2)6-11-5-4-10(3)8(11)9/h4-5,7H,6H2,1-3H3/q+1. The quantitative estimate of drug-likeness (QED) is 0.567. The fourth-order valence-electron chi connectivity index (χ4n) is 1.04. The molecule has 1 rings (SSSR count). The van der Waals surface area contributed by atoms with Crippen LogP contribution in [0.5, 0.6) is 0 Å². The summed E-state index contributed by atoms with van der Waals surface area (Å²) in [6, 6.07) is 0. The minimum atomic E-state index is 0.718. The van der Waals surface area contributed by atoms with Gasteiger partial charge in [-0.3, -0.25) is 0 Å². The number of aryl methyl sites for hydroxylation is 1. The van der Waals surface area contributed by atoms with Crippen molar-refractivity contribution < 1.29 is 4.57 Å². The van der Waals surface area contributed by atoms with Crippen molar-refractivity contribution in [1.82, 2.24) is 4.57 Å². The molecule has 0 radical (unpaired) electrons.